The molecule has 5 heteroatoms. The van der Waals surface area contributed by atoms with Crippen molar-refractivity contribution in [2.45, 2.75) is 12.6 Å². The highest BCUT2D eigenvalue weighted by Gasteiger charge is 2.14. The molecule has 1 aromatic heterocycles. The molecular weight excluding hydrogens is 292 g/mol. The summed E-state index contributed by atoms with van der Waals surface area (Å²) >= 11 is 7.70. The van der Waals surface area contributed by atoms with Gasteiger partial charge in [-0.15, -0.1) is 11.3 Å². The number of thiophene rings is 1. The first-order valence-electron chi connectivity index (χ1n) is 6.46. The molecule has 0 bridgehead atoms. The maximum Gasteiger partial charge on any atom is 0.120 e. The summed E-state index contributed by atoms with van der Waals surface area (Å²) in [6.45, 7) is 1.42. The zero-order chi connectivity index (χ0) is 14.5. The van der Waals surface area contributed by atoms with Crippen LogP contribution in [0.15, 0.2) is 35.7 Å². The number of halogens is 1. The SMILES string of the molecule is CN(C)C(CNCc1cc(Cl)ccc1O)c1cccs1. The third-order valence-electron chi connectivity index (χ3n) is 3.19. The number of nitrogens with zero attached hydrogens (tertiary/aromatic N) is 1. The van der Waals surface area contributed by atoms with Crippen molar-refractivity contribution in [2.75, 3.05) is 20.6 Å². The Labute approximate surface area is 128 Å². The van der Waals surface area contributed by atoms with Gasteiger partial charge < -0.3 is 15.3 Å². The van der Waals surface area contributed by atoms with Gasteiger partial charge in [-0.25, -0.2) is 0 Å². The van der Waals surface area contributed by atoms with Gasteiger partial charge in [0.2, 0.25) is 0 Å². The van der Waals surface area contributed by atoms with Gasteiger partial charge in [0, 0.05) is 28.6 Å². The minimum atomic E-state index is 0.277. The molecule has 1 atom stereocenters. The van der Waals surface area contributed by atoms with E-state index in [0.717, 1.165) is 12.1 Å². The predicted molar refractivity (Wildman–Crippen MR) is 85.6 cm³/mol. The molecule has 2 aromatic rings. The lowest BCUT2D eigenvalue weighted by atomic mass is 10.2. The zero-order valence-corrected chi connectivity index (χ0v) is 13.2. The van der Waals surface area contributed by atoms with Crippen LogP contribution in [0.3, 0.4) is 0 Å². The summed E-state index contributed by atoms with van der Waals surface area (Å²) in [6.07, 6.45) is 0. The van der Waals surface area contributed by atoms with Crippen LogP contribution in [0.5, 0.6) is 5.75 Å². The van der Waals surface area contributed by atoms with Crippen LogP contribution >= 0.6 is 22.9 Å². The van der Waals surface area contributed by atoms with E-state index in [-0.39, 0.29) is 5.75 Å². The summed E-state index contributed by atoms with van der Waals surface area (Å²) in [6, 6.07) is 9.65. The number of likely N-dealkylation sites (N-methyl/N-ethyl adjacent to an activating group) is 1. The van der Waals surface area contributed by atoms with Crippen molar-refractivity contribution in [3.8, 4) is 5.75 Å². The van der Waals surface area contributed by atoms with Crippen LogP contribution in [0.4, 0.5) is 0 Å². The smallest absolute Gasteiger partial charge is 0.120 e. The van der Waals surface area contributed by atoms with Crippen molar-refractivity contribution in [1.82, 2.24) is 10.2 Å². The van der Waals surface area contributed by atoms with E-state index in [9.17, 15) is 5.11 Å². The van der Waals surface area contributed by atoms with E-state index >= 15 is 0 Å². The van der Waals surface area contributed by atoms with Gasteiger partial charge in [-0.3, -0.25) is 0 Å². The lowest BCUT2D eigenvalue weighted by molar-refractivity contribution is 0.292. The number of phenolic OH excluding ortho intramolecular Hbond substituents is 1. The van der Waals surface area contributed by atoms with E-state index < -0.39 is 0 Å². The van der Waals surface area contributed by atoms with Crippen LogP contribution in [-0.2, 0) is 6.54 Å². The number of benzene rings is 1. The van der Waals surface area contributed by atoms with Gasteiger partial charge in [0.05, 0.1) is 6.04 Å². The molecule has 0 spiro atoms. The fraction of sp³-hybridized carbons (Fsp3) is 0.333. The van der Waals surface area contributed by atoms with Gasteiger partial charge in [0.25, 0.3) is 0 Å². The van der Waals surface area contributed by atoms with E-state index in [0.29, 0.717) is 17.6 Å². The van der Waals surface area contributed by atoms with E-state index in [1.54, 1.807) is 29.5 Å². The third-order valence-corrected chi connectivity index (χ3v) is 4.40. The number of nitrogens with one attached hydrogen (secondary N) is 1. The molecule has 1 heterocycles. The number of aromatic hydroxyl groups is 1. The van der Waals surface area contributed by atoms with Crippen LogP contribution in [0.1, 0.15) is 16.5 Å². The van der Waals surface area contributed by atoms with E-state index in [1.165, 1.54) is 4.88 Å². The van der Waals surface area contributed by atoms with Gasteiger partial charge in [0.1, 0.15) is 5.75 Å². The maximum absolute atomic E-state index is 9.79. The number of hydrogen-bond acceptors (Lipinski definition) is 4. The summed E-state index contributed by atoms with van der Waals surface area (Å²) < 4.78 is 0. The number of hydrogen-bond donors (Lipinski definition) is 2. The molecule has 2 rings (SSSR count). The Balaban J connectivity index is 1.95. The first-order valence-corrected chi connectivity index (χ1v) is 7.71. The molecule has 0 radical (unpaired) electrons. The predicted octanol–water partition coefficient (Wildman–Crippen LogP) is 3.50. The molecule has 20 heavy (non-hydrogen) atoms. The van der Waals surface area contributed by atoms with E-state index in [1.807, 2.05) is 0 Å². The second kappa shape index (κ2) is 7.09. The molecule has 0 amide bonds. The monoisotopic (exact) mass is 310 g/mol. The Bertz CT molecular complexity index is 543. The van der Waals surface area contributed by atoms with Gasteiger partial charge >= 0.3 is 0 Å². The normalized spacial score (nSPS) is 12.8. The van der Waals surface area contributed by atoms with Crippen LogP contribution < -0.4 is 5.32 Å². The molecule has 0 aliphatic heterocycles. The average Bonchev–Trinajstić information content (AvgIpc) is 2.91. The molecule has 0 fully saturated rings. The molecule has 0 saturated heterocycles. The highest BCUT2D eigenvalue weighted by Crippen LogP contribution is 2.24. The lowest BCUT2D eigenvalue weighted by Crippen LogP contribution is -2.30. The first kappa shape index (κ1) is 15.3. The third kappa shape index (κ3) is 3.96. The fourth-order valence-electron chi connectivity index (χ4n) is 2.06. The summed E-state index contributed by atoms with van der Waals surface area (Å²) in [4.78, 5) is 3.52. The minimum Gasteiger partial charge on any atom is -0.508 e. The number of rotatable bonds is 6. The van der Waals surface area contributed by atoms with Gasteiger partial charge in [-0.2, -0.15) is 0 Å². The van der Waals surface area contributed by atoms with Crippen LogP contribution in [0.2, 0.25) is 5.02 Å². The van der Waals surface area contributed by atoms with Gasteiger partial charge in [-0.1, -0.05) is 17.7 Å². The maximum atomic E-state index is 9.79. The Morgan fingerprint density at radius 3 is 2.80 bits per heavy atom. The molecule has 1 aromatic carbocycles. The van der Waals surface area contributed by atoms with Gasteiger partial charge in [-0.05, 0) is 43.7 Å². The van der Waals surface area contributed by atoms with Gasteiger partial charge in [0.15, 0.2) is 0 Å². The molecule has 0 saturated carbocycles. The highest BCUT2D eigenvalue weighted by atomic mass is 35.5. The van der Waals surface area contributed by atoms with Crippen LogP contribution in [0, 0.1) is 0 Å². The standard InChI is InChI=1S/C15H19ClN2OS/c1-18(2)13(15-4-3-7-20-15)10-17-9-11-8-12(16)5-6-14(11)19/h3-8,13,17,19H,9-10H2,1-2H3. The van der Waals surface area contributed by atoms with E-state index in [2.05, 4.69) is 41.8 Å². The second-order valence-electron chi connectivity index (χ2n) is 4.90. The summed E-state index contributed by atoms with van der Waals surface area (Å²) in [5.74, 6) is 0.277. The lowest BCUT2D eigenvalue weighted by Gasteiger charge is -2.23. The molecule has 0 aliphatic carbocycles. The molecule has 2 N–H and O–H groups in total. The van der Waals surface area contributed by atoms with Crippen molar-refractivity contribution in [1.29, 1.82) is 0 Å². The molecule has 1 unspecified atom stereocenters. The van der Waals surface area contributed by atoms with Crippen molar-refractivity contribution >= 4 is 22.9 Å². The Morgan fingerprint density at radius 2 is 2.15 bits per heavy atom. The largest absolute Gasteiger partial charge is 0.508 e. The second-order valence-corrected chi connectivity index (χ2v) is 6.31. The molecule has 3 nitrogen and oxygen atoms in total. The van der Waals surface area contributed by atoms with Crippen molar-refractivity contribution in [3.63, 3.8) is 0 Å². The Kier molecular flexibility index (Phi) is 5.43. The van der Waals surface area contributed by atoms with Crippen molar-refractivity contribution < 1.29 is 5.11 Å². The Hall–Kier alpha value is -1.07. The quantitative estimate of drug-likeness (QED) is 0.857. The van der Waals surface area contributed by atoms with Crippen LogP contribution in [0.25, 0.3) is 0 Å². The summed E-state index contributed by atoms with van der Waals surface area (Å²) in [5, 5.41) is 15.9. The minimum absolute atomic E-state index is 0.277. The Morgan fingerprint density at radius 1 is 1.35 bits per heavy atom. The van der Waals surface area contributed by atoms with E-state index in [4.69, 9.17) is 11.6 Å². The van der Waals surface area contributed by atoms with Crippen molar-refractivity contribution in [3.05, 3.63) is 51.2 Å². The summed E-state index contributed by atoms with van der Waals surface area (Å²) in [5.41, 5.74) is 0.821. The van der Waals surface area contributed by atoms with Crippen LogP contribution in [-0.4, -0.2) is 30.6 Å². The number of phenols is 1. The van der Waals surface area contributed by atoms with Crippen molar-refractivity contribution in [2.24, 2.45) is 0 Å². The molecule has 0 aliphatic rings. The summed E-state index contributed by atoms with van der Waals surface area (Å²) in [7, 11) is 4.14. The zero-order valence-electron chi connectivity index (χ0n) is 11.6. The molecule has 108 valence electrons. The average molecular weight is 311 g/mol. The topological polar surface area (TPSA) is 35.5 Å². The molecular formula is C15H19ClN2OS. The highest BCUT2D eigenvalue weighted by molar-refractivity contribution is 7.10. The fourth-order valence-corrected chi connectivity index (χ4v) is 3.18. The first-order chi connectivity index (χ1) is 9.58.